The molecule has 3 heteroatoms. The summed E-state index contributed by atoms with van der Waals surface area (Å²) in [7, 11) is 0. The molecule has 0 aromatic rings. The van der Waals surface area contributed by atoms with Crippen molar-refractivity contribution in [3.63, 3.8) is 0 Å². The Labute approximate surface area is 73.2 Å². The molecule has 0 spiro atoms. The average Bonchev–Trinajstić information content (AvgIpc) is 2.06. The summed E-state index contributed by atoms with van der Waals surface area (Å²) in [6.45, 7) is 5.51. The van der Waals surface area contributed by atoms with E-state index >= 15 is 0 Å². The Bertz CT molecular complexity index is 171. The lowest BCUT2D eigenvalue weighted by Crippen LogP contribution is -2.42. The maximum Gasteiger partial charge on any atom is 0.309 e. The van der Waals surface area contributed by atoms with E-state index in [1.165, 1.54) is 0 Å². The number of hydrogen-bond acceptors (Lipinski definition) is 2. The lowest BCUT2D eigenvalue weighted by Gasteiger charge is -2.33. The van der Waals surface area contributed by atoms with Crippen LogP contribution in [0.1, 0.15) is 26.7 Å². The molecule has 0 radical (unpaired) electrons. The van der Waals surface area contributed by atoms with Gasteiger partial charge in [0.25, 0.3) is 0 Å². The summed E-state index contributed by atoms with van der Waals surface area (Å²) < 4.78 is 0. The SMILES string of the molecule is CC(C)(C(=O)O)[C@H]1CCCNC1. The largest absolute Gasteiger partial charge is 0.481 e. The van der Waals surface area contributed by atoms with E-state index in [0.29, 0.717) is 0 Å². The molecular weight excluding hydrogens is 154 g/mol. The minimum absolute atomic E-state index is 0.281. The fourth-order valence-corrected chi connectivity index (χ4v) is 1.64. The normalized spacial score (nSPS) is 25.3. The van der Waals surface area contributed by atoms with Gasteiger partial charge in [-0.1, -0.05) is 0 Å². The van der Waals surface area contributed by atoms with Gasteiger partial charge in [-0.15, -0.1) is 0 Å². The van der Waals surface area contributed by atoms with Gasteiger partial charge < -0.3 is 10.4 Å². The first-order chi connectivity index (χ1) is 5.55. The van der Waals surface area contributed by atoms with Gasteiger partial charge in [-0.3, -0.25) is 4.79 Å². The summed E-state index contributed by atoms with van der Waals surface area (Å²) in [4.78, 5) is 10.9. The lowest BCUT2D eigenvalue weighted by atomic mass is 9.75. The van der Waals surface area contributed by atoms with Crippen molar-refractivity contribution in [3.8, 4) is 0 Å². The molecule has 70 valence electrons. The molecule has 0 amide bonds. The summed E-state index contributed by atoms with van der Waals surface area (Å²) >= 11 is 0. The molecule has 1 atom stereocenters. The van der Waals surface area contributed by atoms with E-state index in [1.54, 1.807) is 0 Å². The number of carbonyl (C=O) groups is 1. The third kappa shape index (κ3) is 1.78. The maximum atomic E-state index is 10.9. The van der Waals surface area contributed by atoms with Crippen LogP contribution in [-0.2, 0) is 4.79 Å². The summed E-state index contributed by atoms with van der Waals surface area (Å²) in [5.41, 5.74) is -0.576. The van der Waals surface area contributed by atoms with Crippen LogP contribution >= 0.6 is 0 Å². The van der Waals surface area contributed by atoms with Gasteiger partial charge in [0.15, 0.2) is 0 Å². The summed E-state index contributed by atoms with van der Waals surface area (Å²) in [6.07, 6.45) is 2.13. The standard InChI is InChI=1S/C9H17NO2/c1-9(2,8(11)12)7-4-3-5-10-6-7/h7,10H,3-6H2,1-2H3,(H,11,12)/t7-/m0/s1. The quantitative estimate of drug-likeness (QED) is 0.654. The smallest absolute Gasteiger partial charge is 0.309 e. The number of carboxylic acids is 1. The van der Waals surface area contributed by atoms with E-state index in [9.17, 15) is 4.79 Å². The highest BCUT2D eigenvalue weighted by molar-refractivity contribution is 5.74. The molecule has 0 saturated carbocycles. The topological polar surface area (TPSA) is 49.3 Å². The fraction of sp³-hybridized carbons (Fsp3) is 0.889. The minimum atomic E-state index is -0.684. The second-order valence-corrected chi connectivity index (χ2v) is 4.07. The first kappa shape index (κ1) is 9.52. The van der Waals surface area contributed by atoms with Crippen molar-refractivity contribution < 1.29 is 9.90 Å². The Morgan fingerprint density at radius 3 is 2.67 bits per heavy atom. The van der Waals surface area contributed by atoms with Crippen molar-refractivity contribution in [3.05, 3.63) is 0 Å². The molecule has 0 bridgehead atoms. The summed E-state index contributed by atoms with van der Waals surface area (Å²) in [5, 5.41) is 12.2. The Morgan fingerprint density at radius 2 is 2.25 bits per heavy atom. The maximum absolute atomic E-state index is 10.9. The van der Waals surface area contributed by atoms with Gasteiger partial charge in [-0.25, -0.2) is 0 Å². The van der Waals surface area contributed by atoms with Gasteiger partial charge >= 0.3 is 5.97 Å². The zero-order chi connectivity index (χ0) is 9.19. The lowest BCUT2D eigenvalue weighted by molar-refractivity contribution is -0.150. The molecule has 1 fully saturated rings. The molecule has 1 saturated heterocycles. The van der Waals surface area contributed by atoms with Crippen LogP contribution in [0.15, 0.2) is 0 Å². The molecule has 0 aromatic carbocycles. The predicted octanol–water partition coefficient (Wildman–Crippen LogP) is 1.10. The Balaban J connectivity index is 2.59. The van der Waals surface area contributed by atoms with Crippen LogP contribution in [0.5, 0.6) is 0 Å². The zero-order valence-corrected chi connectivity index (χ0v) is 7.76. The molecule has 12 heavy (non-hydrogen) atoms. The molecule has 2 N–H and O–H groups in total. The second kappa shape index (κ2) is 3.44. The van der Waals surface area contributed by atoms with Gasteiger partial charge in [0.1, 0.15) is 0 Å². The van der Waals surface area contributed by atoms with Crippen LogP contribution in [0.25, 0.3) is 0 Å². The van der Waals surface area contributed by atoms with E-state index in [4.69, 9.17) is 5.11 Å². The predicted molar refractivity (Wildman–Crippen MR) is 47.0 cm³/mol. The highest BCUT2D eigenvalue weighted by Crippen LogP contribution is 2.31. The van der Waals surface area contributed by atoms with Crippen molar-refractivity contribution in [2.75, 3.05) is 13.1 Å². The third-order valence-corrected chi connectivity index (χ3v) is 2.87. The first-order valence-electron chi connectivity index (χ1n) is 4.49. The van der Waals surface area contributed by atoms with Crippen molar-refractivity contribution in [2.45, 2.75) is 26.7 Å². The molecular formula is C9H17NO2. The first-order valence-corrected chi connectivity index (χ1v) is 4.49. The molecule has 1 aliphatic rings. The van der Waals surface area contributed by atoms with Crippen molar-refractivity contribution >= 4 is 5.97 Å². The second-order valence-electron chi connectivity index (χ2n) is 4.07. The van der Waals surface area contributed by atoms with Crippen LogP contribution in [0.4, 0.5) is 0 Å². The minimum Gasteiger partial charge on any atom is -0.481 e. The van der Waals surface area contributed by atoms with Gasteiger partial charge in [-0.2, -0.15) is 0 Å². The number of aliphatic carboxylic acids is 1. The van der Waals surface area contributed by atoms with E-state index in [1.807, 2.05) is 13.8 Å². The highest BCUT2D eigenvalue weighted by Gasteiger charge is 2.36. The molecule has 3 nitrogen and oxygen atoms in total. The molecule has 0 aliphatic carbocycles. The van der Waals surface area contributed by atoms with Crippen molar-refractivity contribution in [1.82, 2.24) is 5.32 Å². The van der Waals surface area contributed by atoms with E-state index in [2.05, 4.69) is 5.32 Å². The van der Waals surface area contributed by atoms with E-state index in [0.717, 1.165) is 25.9 Å². The van der Waals surface area contributed by atoms with Crippen LogP contribution < -0.4 is 5.32 Å². The summed E-state index contributed by atoms with van der Waals surface area (Å²) in [6, 6.07) is 0. The van der Waals surface area contributed by atoms with E-state index in [-0.39, 0.29) is 5.92 Å². The molecule has 0 unspecified atom stereocenters. The zero-order valence-electron chi connectivity index (χ0n) is 7.76. The van der Waals surface area contributed by atoms with Crippen LogP contribution in [-0.4, -0.2) is 24.2 Å². The number of hydrogen-bond donors (Lipinski definition) is 2. The Hall–Kier alpha value is -0.570. The van der Waals surface area contributed by atoms with Gasteiger partial charge in [0.2, 0.25) is 0 Å². The van der Waals surface area contributed by atoms with Crippen LogP contribution in [0, 0.1) is 11.3 Å². The van der Waals surface area contributed by atoms with Crippen LogP contribution in [0.3, 0.4) is 0 Å². The Morgan fingerprint density at radius 1 is 1.58 bits per heavy atom. The van der Waals surface area contributed by atoms with Gasteiger partial charge in [-0.05, 0) is 45.7 Å². The summed E-state index contributed by atoms with van der Waals surface area (Å²) in [5.74, 6) is -0.403. The van der Waals surface area contributed by atoms with E-state index < -0.39 is 11.4 Å². The number of piperidine rings is 1. The monoisotopic (exact) mass is 171 g/mol. The number of carboxylic acid groups (broad SMARTS) is 1. The average molecular weight is 171 g/mol. The Kier molecular flexibility index (Phi) is 2.73. The highest BCUT2D eigenvalue weighted by atomic mass is 16.4. The third-order valence-electron chi connectivity index (χ3n) is 2.87. The van der Waals surface area contributed by atoms with Crippen molar-refractivity contribution in [2.24, 2.45) is 11.3 Å². The van der Waals surface area contributed by atoms with Crippen molar-refractivity contribution in [1.29, 1.82) is 0 Å². The fourth-order valence-electron chi connectivity index (χ4n) is 1.64. The van der Waals surface area contributed by atoms with Crippen LogP contribution in [0.2, 0.25) is 0 Å². The number of nitrogens with one attached hydrogen (secondary N) is 1. The molecule has 1 aliphatic heterocycles. The van der Waals surface area contributed by atoms with Gasteiger partial charge in [0.05, 0.1) is 5.41 Å². The van der Waals surface area contributed by atoms with Gasteiger partial charge in [0, 0.05) is 0 Å². The number of rotatable bonds is 2. The molecule has 0 aromatic heterocycles. The molecule has 1 rings (SSSR count). The molecule has 1 heterocycles.